The summed E-state index contributed by atoms with van der Waals surface area (Å²) in [5, 5.41) is 3.82. The van der Waals surface area contributed by atoms with Crippen LogP contribution < -0.4 is 10.1 Å². The van der Waals surface area contributed by atoms with Crippen molar-refractivity contribution >= 4 is 46.1 Å². The van der Waals surface area contributed by atoms with Gasteiger partial charge in [-0.25, -0.2) is 4.98 Å². The molecule has 1 heterocycles. The number of benzene rings is 2. The van der Waals surface area contributed by atoms with E-state index in [-0.39, 0.29) is 11.7 Å². The number of thioether (sulfide) groups is 1. The molecule has 0 radical (unpaired) electrons. The summed E-state index contributed by atoms with van der Waals surface area (Å²) in [5.41, 5.74) is 1.94. The van der Waals surface area contributed by atoms with Crippen LogP contribution in [-0.2, 0) is 4.79 Å². The Morgan fingerprint density at radius 1 is 1.35 bits per heavy atom. The average Bonchev–Trinajstić information content (AvgIpc) is 2.95. The van der Waals surface area contributed by atoms with E-state index in [1.165, 1.54) is 11.8 Å². The molecule has 7 heteroatoms. The van der Waals surface area contributed by atoms with Gasteiger partial charge in [-0.1, -0.05) is 35.5 Å². The maximum Gasteiger partial charge on any atom is 0.257 e. The standard InChI is InChI=1S/C16H13ClN2O3S/c1-21-13-5-3-2-4-11(13)18-15(20)9-23-16-19-12-8-10(17)6-7-14(12)22-16/h2-8H,9H2,1H3,(H,18,20). The zero-order chi connectivity index (χ0) is 16.2. The number of hydrogen-bond donors (Lipinski definition) is 1. The van der Waals surface area contributed by atoms with Crippen LogP contribution in [0.5, 0.6) is 5.75 Å². The molecule has 0 atom stereocenters. The Labute approximate surface area is 142 Å². The van der Waals surface area contributed by atoms with Gasteiger partial charge in [0.1, 0.15) is 11.3 Å². The van der Waals surface area contributed by atoms with E-state index in [1.54, 1.807) is 37.4 Å². The van der Waals surface area contributed by atoms with Gasteiger partial charge in [-0.15, -0.1) is 0 Å². The van der Waals surface area contributed by atoms with Crippen LogP contribution in [0.15, 0.2) is 52.1 Å². The minimum Gasteiger partial charge on any atom is -0.495 e. The third kappa shape index (κ3) is 3.78. The van der Waals surface area contributed by atoms with Gasteiger partial charge in [0.15, 0.2) is 5.58 Å². The molecular weight excluding hydrogens is 336 g/mol. The second kappa shape index (κ2) is 6.93. The number of methoxy groups -OCH3 is 1. The highest BCUT2D eigenvalue weighted by molar-refractivity contribution is 7.99. The molecule has 0 saturated carbocycles. The number of nitrogens with zero attached hydrogens (tertiary/aromatic N) is 1. The van der Waals surface area contributed by atoms with E-state index in [1.807, 2.05) is 12.1 Å². The van der Waals surface area contributed by atoms with E-state index >= 15 is 0 Å². The molecule has 2 aromatic carbocycles. The van der Waals surface area contributed by atoms with Crippen LogP contribution >= 0.6 is 23.4 Å². The van der Waals surface area contributed by atoms with E-state index in [0.717, 1.165) is 0 Å². The smallest absolute Gasteiger partial charge is 0.257 e. The lowest BCUT2D eigenvalue weighted by atomic mass is 10.3. The van der Waals surface area contributed by atoms with Crippen LogP contribution in [0.4, 0.5) is 5.69 Å². The van der Waals surface area contributed by atoms with Crippen LogP contribution in [0, 0.1) is 0 Å². The number of para-hydroxylation sites is 2. The molecule has 0 fully saturated rings. The normalized spacial score (nSPS) is 10.7. The lowest BCUT2D eigenvalue weighted by Gasteiger charge is -2.08. The Morgan fingerprint density at radius 2 is 2.17 bits per heavy atom. The molecule has 0 aliphatic rings. The number of anilines is 1. The van der Waals surface area contributed by atoms with Crippen molar-refractivity contribution < 1.29 is 13.9 Å². The summed E-state index contributed by atoms with van der Waals surface area (Å²) >= 11 is 7.13. The average molecular weight is 349 g/mol. The zero-order valence-corrected chi connectivity index (χ0v) is 13.8. The van der Waals surface area contributed by atoms with Crippen molar-refractivity contribution in [2.24, 2.45) is 0 Å². The van der Waals surface area contributed by atoms with Crippen LogP contribution in [0.25, 0.3) is 11.1 Å². The summed E-state index contributed by atoms with van der Waals surface area (Å²) in [6.07, 6.45) is 0. The Bertz CT molecular complexity index is 850. The van der Waals surface area contributed by atoms with Crippen molar-refractivity contribution in [1.29, 1.82) is 0 Å². The molecule has 0 aliphatic heterocycles. The highest BCUT2D eigenvalue weighted by atomic mass is 35.5. The van der Waals surface area contributed by atoms with Crippen molar-refractivity contribution in [2.75, 3.05) is 18.2 Å². The van der Waals surface area contributed by atoms with Crippen LogP contribution in [0.3, 0.4) is 0 Å². The van der Waals surface area contributed by atoms with Gasteiger partial charge in [-0.2, -0.15) is 0 Å². The molecule has 0 spiro atoms. The van der Waals surface area contributed by atoms with Crippen molar-refractivity contribution in [3.8, 4) is 5.75 Å². The Balaban J connectivity index is 1.63. The second-order valence-electron chi connectivity index (χ2n) is 4.63. The topological polar surface area (TPSA) is 64.4 Å². The molecule has 118 valence electrons. The van der Waals surface area contributed by atoms with E-state index in [0.29, 0.717) is 32.8 Å². The SMILES string of the molecule is COc1ccccc1NC(=O)CSc1nc2cc(Cl)ccc2o1. The fourth-order valence-electron chi connectivity index (χ4n) is 2.00. The van der Waals surface area contributed by atoms with Gasteiger partial charge in [0, 0.05) is 5.02 Å². The minimum absolute atomic E-state index is 0.167. The number of fused-ring (bicyclic) bond motifs is 1. The molecule has 0 unspecified atom stereocenters. The predicted molar refractivity (Wildman–Crippen MR) is 91.4 cm³/mol. The number of aromatic nitrogens is 1. The van der Waals surface area contributed by atoms with E-state index in [9.17, 15) is 4.79 Å². The lowest BCUT2D eigenvalue weighted by molar-refractivity contribution is -0.113. The van der Waals surface area contributed by atoms with Crippen molar-refractivity contribution in [2.45, 2.75) is 5.22 Å². The van der Waals surface area contributed by atoms with Gasteiger partial charge >= 0.3 is 0 Å². The highest BCUT2D eigenvalue weighted by Gasteiger charge is 2.11. The summed E-state index contributed by atoms with van der Waals surface area (Å²) in [6, 6.07) is 12.4. The van der Waals surface area contributed by atoms with Gasteiger partial charge in [0.25, 0.3) is 5.22 Å². The first kappa shape index (κ1) is 15.7. The molecular formula is C16H13ClN2O3S. The van der Waals surface area contributed by atoms with Crippen LogP contribution in [-0.4, -0.2) is 23.8 Å². The van der Waals surface area contributed by atoms with Gasteiger partial charge in [-0.3, -0.25) is 4.79 Å². The third-order valence-electron chi connectivity index (χ3n) is 3.04. The highest BCUT2D eigenvalue weighted by Crippen LogP contribution is 2.27. The molecule has 3 rings (SSSR count). The number of hydrogen-bond acceptors (Lipinski definition) is 5. The van der Waals surface area contributed by atoms with Gasteiger partial charge < -0.3 is 14.5 Å². The summed E-state index contributed by atoms with van der Waals surface area (Å²) in [7, 11) is 1.56. The van der Waals surface area contributed by atoms with E-state index < -0.39 is 0 Å². The van der Waals surface area contributed by atoms with Crippen molar-refractivity contribution in [3.63, 3.8) is 0 Å². The number of halogens is 1. The Kier molecular flexibility index (Phi) is 4.73. The maximum atomic E-state index is 12.0. The van der Waals surface area contributed by atoms with Gasteiger partial charge in [0.05, 0.1) is 18.6 Å². The number of carbonyl (C=O) groups is 1. The second-order valence-corrected chi connectivity index (χ2v) is 5.99. The molecule has 1 amide bonds. The van der Waals surface area contributed by atoms with Crippen LogP contribution in [0.1, 0.15) is 0 Å². The summed E-state index contributed by atoms with van der Waals surface area (Å²) in [6.45, 7) is 0. The first-order valence-electron chi connectivity index (χ1n) is 6.77. The quantitative estimate of drug-likeness (QED) is 0.699. The molecule has 0 aliphatic carbocycles. The maximum absolute atomic E-state index is 12.0. The number of oxazole rings is 1. The Morgan fingerprint density at radius 3 is 3.00 bits per heavy atom. The predicted octanol–water partition coefficient (Wildman–Crippen LogP) is 4.22. The number of rotatable bonds is 5. The summed E-state index contributed by atoms with van der Waals surface area (Å²) in [5.74, 6) is 0.626. The van der Waals surface area contributed by atoms with E-state index in [4.69, 9.17) is 20.8 Å². The molecule has 0 saturated heterocycles. The van der Waals surface area contributed by atoms with Crippen molar-refractivity contribution in [1.82, 2.24) is 4.98 Å². The number of ether oxygens (including phenoxy) is 1. The number of amides is 1. The molecule has 1 aromatic heterocycles. The lowest BCUT2D eigenvalue weighted by Crippen LogP contribution is -2.14. The number of nitrogens with one attached hydrogen (secondary N) is 1. The first-order valence-corrected chi connectivity index (χ1v) is 8.14. The summed E-state index contributed by atoms with van der Waals surface area (Å²) in [4.78, 5) is 16.3. The van der Waals surface area contributed by atoms with Crippen molar-refractivity contribution in [3.05, 3.63) is 47.5 Å². The van der Waals surface area contributed by atoms with Gasteiger partial charge in [-0.05, 0) is 30.3 Å². The largest absolute Gasteiger partial charge is 0.495 e. The zero-order valence-electron chi connectivity index (χ0n) is 12.2. The molecule has 23 heavy (non-hydrogen) atoms. The molecule has 5 nitrogen and oxygen atoms in total. The third-order valence-corrected chi connectivity index (χ3v) is 4.10. The van der Waals surface area contributed by atoms with E-state index in [2.05, 4.69) is 10.3 Å². The molecule has 3 aromatic rings. The fraction of sp³-hybridized carbons (Fsp3) is 0.125. The first-order chi connectivity index (χ1) is 11.2. The molecule has 0 bridgehead atoms. The monoisotopic (exact) mass is 348 g/mol. The summed E-state index contributed by atoms with van der Waals surface area (Å²) < 4.78 is 10.8. The Hall–Kier alpha value is -2.18. The fourth-order valence-corrected chi connectivity index (χ4v) is 2.81. The minimum atomic E-state index is -0.167. The molecule has 1 N–H and O–H groups in total. The number of carbonyl (C=O) groups excluding carboxylic acids is 1. The van der Waals surface area contributed by atoms with Gasteiger partial charge in [0.2, 0.25) is 5.91 Å². The van der Waals surface area contributed by atoms with Crippen LogP contribution in [0.2, 0.25) is 5.02 Å².